The van der Waals surface area contributed by atoms with Gasteiger partial charge in [0.15, 0.2) is 0 Å². The van der Waals surface area contributed by atoms with Crippen LogP contribution in [0.4, 0.5) is 8.78 Å². The molecule has 0 spiro atoms. The molecule has 2 nitrogen and oxygen atoms in total. The largest absolute Gasteiger partial charge is 0.491 e. The molecule has 0 saturated heterocycles. The fourth-order valence-electron chi connectivity index (χ4n) is 2.51. The van der Waals surface area contributed by atoms with Crippen molar-refractivity contribution in [3.8, 4) is 5.75 Å². The Bertz CT molecular complexity index is 480. The van der Waals surface area contributed by atoms with Crippen LogP contribution in [-0.4, -0.2) is 19.6 Å². The molecule has 18 heavy (non-hydrogen) atoms. The lowest BCUT2D eigenvalue weighted by Crippen LogP contribution is -2.17. The summed E-state index contributed by atoms with van der Waals surface area (Å²) in [6.07, 6.45) is -0.0613. The smallest absolute Gasteiger partial charge is 0.258 e. The Hall–Kier alpha value is -0.870. The molecule has 1 heterocycles. The highest BCUT2D eigenvalue weighted by molar-refractivity contribution is 5.85. The van der Waals surface area contributed by atoms with Crippen molar-refractivity contribution >= 4 is 12.4 Å². The minimum atomic E-state index is -2.57. The van der Waals surface area contributed by atoms with Gasteiger partial charge in [-0.15, -0.1) is 12.4 Å². The standard InChI is InChI=1S/C13H15F2NO.ClH/c1-12(7-13(12,14)15)8-3-4-9-10(16-2)6-17-11(9)5-8;/h3-5,10,16H,6-7H2,1-2H3;1H/t10-,12?;/m1./s1. The Balaban J connectivity index is 0.00000120. The van der Waals surface area contributed by atoms with Gasteiger partial charge in [-0.25, -0.2) is 8.78 Å². The first-order chi connectivity index (χ1) is 7.98. The normalized spacial score (nSPS) is 31.2. The van der Waals surface area contributed by atoms with Crippen LogP contribution in [0, 0.1) is 0 Å². The first kappa shape index (κ1) is 13.6. The third-order valence-corrected chi connectivity index (χ3v) is 4.04. The first-order valence-electron chi connectivity index (χ1n) is 5.80. The van der Waals surface area contributed by atoms with Gasteiger partial charge in [-0.05, 0) is 25.6 Å². The predicted molar refractivity (Wildman–Crippen MR) is 67.9 cm³/mol. The molecule has 1 aliphatic carbocycles. The molecule has 5 heteroatoms. The zero-order valence-corrected chi connectivity index (χ0v) is 11.1. The van der Waals surface area contributed by atoms with E-state index in [1.54, 1.807) is 19.1 Å². The molecule has 0 bridgehead atoms. The van der Waals surface area contributed by atoms with Gasteiger partial charge in [0, 0.05) is 12.0 Å². The summed E-state index contributed by atoms with van der Waals surface area (Å²) in [6.45, 7) is 2.18. The van der Waals surface area contributed by atoms with E-state index >= 15 is 0 Å². The zero-order chi connectivity index (χ0) is 12.3. The van der Waals surface area contributed by atoms with E-state index in [9.17, 15) is 8.78 Å². The van der Waals surface area contributed by atoms with Crippen molar-refractivity contribution in [3.05, 3.63) is 29.3 Å². The first-order valence-corrected chi connectivity index (χ1v) is 5.80. The monoisotopic (exact) mass is 275 g/mol. The molecule has 1 N–H and O–H groups in total. The summed E-state index contributed by atoms with van der Waals surface area (Å²) in [5.41, 5.74) is 0.741. The molecule has 2 aliphatic rings. The van der Waals surface area contributed by atoms with Crippen LogP contribution in [0.3, 0.4) is 0 Å². The molecular weight excluding hydrogens is 260 g/mol. The Kier molecular flexibility index (Phi) is 3.06. The van der Waals surface area contributed by atoms with Crippen molar-refractivity contribution in [3.63, 3.8) is 0 Å². The third kappa shape index (κ3) is 1.70. The number of fused-ring (bicyclic) bond motifs is 1. The molecule has 1 aromatic rings. The van der Waals surface area contributed by atoms with Crippen LogP contribution in [0.5, 0.6) is 5.75 Å². The maximum atomic E-state index is 13.3. The van der Waals surface area contributed by atoms with E-state index in [1.165, 1.54) is 0 Å². The van der Waals surface area contributed by atoms with Gasteiger partial charge in [0.25, 0.3) is 5.92 Å². The van der Waals surface area contributed by atoms with Gasteiger partial charge in [0.05, 0.1) is 11.5 Å². The molecule has 0 radical (unpaired) electrons. The molecule has 1 aliphatic heterocycles. The summed E-state index contributed by atoms with van der Waals surface area (Å²) < 4.78 is 32.1. The van der Waals surface area contributed by atoms with Crippen LogP contribution < -0.4 is 10.1 Å². The third-order valence-electron chi connectivity index (χ3n) is 4.04. The van der Waals surface area contributed by atoms with Crippen molar-refractivity contribution in [1.82, 2.24) is 5.32 Å². The fraction of sp³-hybridized carbons (Fsp3) is 0.538. The van der Waals surface area contributed by atoms with Gasteiger partial charge in [-0.2, -0.15) is 0 Å². The molecule has 1 unspecified atom stereocenters. The van der Waals surface area contributed by atoms with Gasteiger partial charge in [0.1, 0.15) is 12.4 Å². The molecule has 2 atom stereocenters. The van der Waals surface area contributed by atoms with Crippen LogP contribution in [0.25, 0.3) is 0 Å². The lowest BCUT2D eigenvalue weighted by Gasteiger charge is -2.12. The number of likely N-dealkylation sites (N-methyl/N-ethyl adjacent to an activating group) is 1. The number of hydrogen-bond acceptors (Lipinski definition) is 2. The molecule has 100 valence electrons. The van der Waals surface area contributed by atoms with Crippen LogP contribution >= 0.6 is 12.4 Å². The van der Waals surface area contributed by atoms with Crippen molar-refractivity contribution in [2.45, 2.75) is 30.7 Å². The summed E-state index contributed by atoms with van der Waals surface area (Å²) in [7, 11) is 1.87. The molecule has 1 saturated carbocycles. The van der Waals surface area contributed by atoms with Crippen LogP contribution in [0.1, 0.15) is 30.5 Å². The number of rotatable bonds is 2. The van der Waals surface area contributed by atoms with E-state index < -0.39 is 11.3 Å². The van der Waals surface area contributed by atoms with E-state index in [0.717, 1.165) is 11.3 Å². The van der Waals surface area contributed by atoms with Crippen molar-refractivity contribution in [2.75, 3.05) is 13.7 Å². The topological polar surface area (TPSA) is 21.3 Å². The summed E-state index contributed by atoms with van der Waals surface area (Å²) >= 11 is 0. The van der Waals surface area contributed by atoms with E-state index in [2.05, 4.69) is 5.32 Å². The van der Waals surface area contributed by atoms with E-state index in [1.807, 2.05) is 13.1 Å². The second-order valence-electron chi connectivity index (χ2n) is 5.12. The van der Waals surface area contributed by atoms with Crippen LogP contribution in [-0.2, 0) is 5.41 Å². The average molecular weight is 276 g/mol. The second-order valence-corrected chi connectivity index (χ2v) is 5.12. The summed E-state index contributed by atoms with van der Waals surface area (Å²) in [4.78, 5) is 0. The van der Waals surface area contributed by atoms with E-state index in [0.29, 0.717) is 12.2 Å². The lowest BCUT2D eigenvalue weighted by atomic mass is 9.95. The van der Waals surface area contributed by atoms with Crippen molar-refractivity contribution < 1.29 is 13.5 Å². The quantitative estimate of drug-likeness (QED) is 0.896. The SMILES string of the molecule is CN[C@@H]1COc2cc(C3(C)CC3(F)F)ccc21.Cl. The number of nitrogens with one attached hydrogen (secondary N) is 1. The van der Waals surface area contributed by atoms with E-state index in [-0.39, 0.29) is 24.9 Å². The van der Waals surface area contributed by atoms with Gasteiger partial charge >= 0.3 is 0 Å². The number of hydrogen-bond donors (Lipinski definition) is 1. The molecule has 0 amide bonds. The maximum Gasteiger partial charge on any atom is 0.258 e. The van der Waals surface area contributed by atoms with E-state index in [4.69, 9.17) is 4.74 Å². The number of benzene rings is 1. The molecule has 0 aromatic heterocycles. The average Bonchev–Trinajstić information content (AvgIpc) is 2.68. The Morgan fingerprint density at radius 2 is 2.06 bits per heavy atom. The van der Waals surface area contributed by atoms with Crippen LogP contribution in [0.2, 0.25) is 0 Å². The maximum absolute atomic E-state index is 13.3. The van der Waals surface area contributed by atoms with Crippen molar-refractivity contribution in [2.24, 2.45) is 0 Å². The summed E-state index contributed by atoms with van der Waals surface area (Å²) in [6, 6.07) is 5.65. The molecular formula is C13H16ClF2NO. The summed E-state index contributed by atoms with van der Waals surface area (Å²) in [5, 5.41) is 3.14. The van der Waals surface area contributed by atoms with Gasteiger partial charge in [0.2, 0.25) is 0 Å². The Labute approximate surface area is 111 Å². The minimum absolute atomic E-state index is 0. The molecule has 1 fully saturated rings. The predicted octanol–water partition coefficient (Wildman–Crippen LogP) is 3.06. The number of ether oxygens (including phenoxy) is 1. The summed E-state index contributed by atoms with van der Waals surface area (Å²) in [5.74, 6) is -1.83. The minimum Gasteiger partial charge on any atom is -0.491 e. The second kappa shape index (κ2) is 4.07. The van der Waals surface area contributed by atoms with Gasteiger partial charge < -0.3 is 10.1 Å². The van der Waals surface area contributed by atoms with Gasteiger partial charge in [-0.1, -0.05) is 12.1 Å². The van der Waals surface area contributed by atoms with Crippen LogP contribution in [0.15, 0.2) is 18.2 Å². The van der Waals surface area contributed by atoms with Crippen molar-refractivity contribution in [1.29, 1.82) is 0 Å². The Morgan fingerprint density at radius 1 is 1.39 bits per heavy atom. The highest BCUT2D eigenvalue weighted by Crippen LogP contribution is 2.61. The lowest BCUT2D eigenvalue weighted by molar-refractivity contribution is 0.0920. The molecule has 3 rings (SSSR count). The highest BCUT2D eigenvalue weighted by atomic mass is 35.5. The zero-order valence-electron chi connectivity index (χ0n) is 10.3. The molecule has 1 aromatic carbocycles. The Morgan fingerprint density at radius 3 is 2.61 bits per heavy atom. The van der Waals surface area contributed by atoms with Gasteiger partial charge in [-0.3, -0.25) is 0 Å². The fourth-order valence-corrected chi connectivity index (χ4v) is 2.51. The number of alkyl halides is 2. The highest BCUT2D eigenvalue weighted by Gasteiger charge is 2.68. The number of halogens is 3.